The number of fused-ring (bicyclic) bond motifs is 2. The van der Waals surface area contributed by atoms with Crippen LogP contribution in [0.3, 0.4) is 0 Å². The molecular weight excluding hydrogens is 390 g/mol. The summed E-state index contributed by atoms with van der Waals surface area (Å²) in [6, 6.07) is 23.3. The number of H-pyrrole nitrogens is 1. The van der Waals surface area contributed by atoms with Crippen LogP contribution in [0, 0.1) is 6.92 Å². The number of nitrogens with zero attached hydrogens (tertiary/aromatic N) is 1. The molecule has 152 valence electrons. The summed E-state index contributed by atoms with van der Waals surface area (Å²) in [6.07, 6.45) is 0. The van der Waals surface area contributed by atoms with Crippen molar-refractivity contribution in [2.24, 2.45) is 0 Å². The highest BCUT2D eigenvalue weighted by Crippen LogP contribution is 2.25. The van der Waals surface area contributed by atoms with Crippen LogP contribution in [0.4, 0.5) is 0 Å². The molecule has 0 bridgehead atoms. The van der Waals surface area contributed by atoms with Crippen molar-refractivity contribution >= 4 is 33.4 Å². The van der Waals surface area contributed by atoms with Gasteiger partial charge in [-0.15, -0.1) is 0 Å². The average molecular weight is 409 g/mol. The highest BCUT2D eigenvalue weighted by Gasteiger charge is 2.22. The third-order valence-corrected chi connectivity index (χ3v) is 5.35. The molecule has 0 saturated carbocycles. The van der Waals surface area contributed by atoms with Crippen LogP contribution in [-0.2, 0) is 11.3 Å². The molecule has 0 unspecified atom stereocenters. The molecule has 0 aliphatic heterocycles. The van der Waals surface area contributed by atoms with Crippen molar-refractivity contribution in [3.63, 3.8) is 0 Å². The van der Waals surface area contributed by atoms with Crippen LogP contribution in [-0.4, -0.2) is 21.8 Å². The number of hydrogen-bond acceptors (Lipinski definition) is 4. The zero-order valence-electron chi connectivity index (χ0n) is 16.8. The van der Waals surface area contributed by atoms with Gasteiger partial charge in [0.15, 0.2) is 5.76 Å². The standard InChI is InChI=1S/C25H19N3O3/c1-15-23(20-8-4-5-9-21(20)27-15)24(29)25(30)26-14-19-13-22(31-28-19)18-11-10-16-6-2-3-7-17(16)12-18/h2-13,27H,14H2,1H3,(H,26,30). The van der Waals surface area contributed by atoms with Crippen molar-refractivity contribution in [2.75, 3.05) is 0 Å². The lowest BCUT2D eigenvalue weighted by molar-refractivity contribution is -0.117. The molecule has 0 aliphatic carbocycles. The van der Waals surface area contributed by atoms with Gasteiger partial charge in [-0.3, -0.25) is 9.59 Å². The normalized spacial score (nSPS) is 11.1. The Morgan fingerprint density at radius 1 is 0.968 bits per heavy atom. The first-order valence-electron chi connectivity index (χ1n) is 9.95. The maximum Gasteiger partial charge on any atom is 0.292 e. The molecule has 6 nitrogen and oxygen atoms in total. The van der Waals surface area contributed by atoms with Gasteiger partial charge in [0.2, 0.25) is 0 Å². The van der Waals surface area contributed by atoms with Gasteiger partial charge in [-0.2, -0.15) is 0 Å². The van der Waals surface area contributed by atoms with Gasteiger partial charge < -0.3 is 14.8 Å². The number of nitrogens with one attached hydrogen (secondary N) is 2. The van der Waals surface area contributed by atoms with E-state index in [4.69, 9.17) is 4.52 Å². The summed E-state index contributed by atoms with van der Waals surface area (Å²) in [6.45, 7) is 1.89. The number of aromatic amines is 1. The summed E-state index contributed by atoms with van der Waals surface area (Å²) in [7, 11) is 0. The summed E-state index contributed by atoms with van der Waals surface area (Å²) in [5, 5.41) is 9.66. The molecule has 2 heterocycles. The van der Waals surface area contributed by atoms with Crippen molar-refractivity contribution < 1.29 is 14.1 Å². The molecule has 0 fully saturated rings. The Morgan fingerprint density at radius 2 is 1.74 bits per heavy atom. The molecule has 5 aromatic rings. The molecular formula is C25H19N3O3. The lowest BCUT2D eigenvalue weighted by Crippen LogP contribution is -2.31. The number of amides is 1. The topological polar surface area (TPSA) is 88.0 Å². The molecule has 2 N–H and O–H groups in total. The fourth-order valence-electron chi connectivity index (χ4n) is 3.81. The Hall–Kier alpha value is -4.19. The molecule has 0 saturated heterocycles. The lowest BCUT2D eigenvalue weighted by Gasteiger charge is -2.02. The molecule has 6 heteroatoms. The number of benzene rings is 3. The third-order valence-electron chi connectivity index (χ3n) is 5.35. The second-order valence-electron chi connectivity index (χ2n) is 7.43. The minimum absolute atomic E-state index is 0.100. The van der Waals surface area contributed by atoms with Crippen LogP contribution >= 0.6 is 0 Å². The molecule has 0 radical (unpaired) electrons. The van der Waals surface area contributed by atoms with Crippen LogP contribution in [0.15, 0.2) is 77.3 Å². The maximum atomic E-state index is 12.7. The van der Waals surface area contributed by atoms with E-state index in [2.05, 4.69) is 15.5 Å². The van der Waals surface area contributed by atoms with E-state index in [0.717, 1.165) is 27.2 Å². The second kappa shape index (κ2) is 7.57. The average Bonchev–Trinajstić information content (AvgIpc) is 3.40. The van der Waals surface area contributed by atoms with E-state index in [1.807, 2.05) is 66.7 Å². The largest absolute Gasteiger partial charge is 0.358 e. The van der Waals surface area contributed by atoms with Gasteiger partial charge in [0.25, 0.3) is 11.7 Å². The van der Waals surface area contributed by atoms with Gasteiger partial charge in [0.1, 0.15) is 5.69 Å². The molecule has 3 aromatic carbocycles. The monoisotopic (exact) mass is 409 g/mol. The van der Waals surface area contributed by atoms with Crippen molar-refractivity contribution in [3.05, 3.63) is 89.7 Å². The van der Waals surface area contributed by atoms with Crippen molar-refractivity contribution in [1.29, 1.82) is 0 Å². The highest BCUT2D eigenvalue weighted by atomic mass is 16.5. The van der Waals surface area contributed by atoms with Crippen molar-refractivity contribution in [2.45, 2.75) is 13.5 Å². The number of ketones is 1. The number of aryl methyl sites for hydroxylation is 1. The molecule has 5 rings (SSSR count). The first kappa shape index (κ1) is 18.8. The van der Waals surface area contributed by atoms with Crippen LogP contribution < -0.4 is 5.32 Å². The summed E-state index contributed by atoms with van der Waals surface area (Å²) >= 11 is 0. The Bertz CT molecular complexity index is 1450. The summed E-state index contributed by atoms with van der Waals surface area (Å²) < 4.78 is 5.45. The van der Waals surface area contributed by atoms with Crippen LogP contribution in [0.25, 0.3) is 33.0 Å². The molecule has 0 aliphatic rings. The van der Waals surface area contributed by atoms with Gasteiger partial charge in [-0.1, -0.05) is 59.8 Å². The SMILES string of the molecule is Cc1[nH]c2ccccc2c1C(=O)C(=O)NCc1cc(-c2ccc3ccccc3c2)on1. The Labute approximate surface area is 177 Å². The van der Waals surface area contributed by atoms with Crippen LogP contribution in [0.5, 0.6) is 0 Å². The Balaban J connectivity index is 1.31. The van der Waals surface area contributed by atoms with Gasteiger partial charge in [-0.05, 0) is 29.8 Å². The van der Waals surface area contributed by atoms with Gasteiger partial charge >= 0.3 is 0 Å². The van der Waals surface area contributed by atoms with E-state index in [0.29, 0.717) is 22.7 Å². The third kappa shape index (κ3) is 3.48. The Kier molecular flexibility index (Phi) is 4.59. The van der Waals surface area contributed by atoms with Gasteiger partial charge in [-0.25, -0.2) is 0 Å². The molecule has 0 atom stereocenters. The fraction of sp³-hybridized carbons (Fsp3) is 0.0800. The van der Waals surface area contributed by atoms with Crippen LogP contribution in [0.1, 0.15) is 21.7 Å². The second-order valence-corrected chi connectivity index (χ2v) is 7.43. The molecule has 2 aromatic heterocycles. The summed E-state index contributed by atoms with van der Waals surface area (Å²) in [5.41, 5.74) is 3.33. The number of para-hydroxylation sites is 1. The van der Waals surface area contributed by atoms with Crippen molar-refractivity contribution in [3.8, 4) is 11.3 Å². The zero-order chi connectivity index (χ0) is 21.4. The summed E-state index contributed by atoms with van der Waals surface area (Å²) in [5.74, 6) is -0.648. The smallest absolute Gasteiger partial charge is 0.292 e. The first-order valence-corrected chi connectivity index (χ1v) is 9.95. The number of hydrogen-bond donors (Lipinski definition) is 2. The first-order chi connectivity index (χ1) is 15.1. The number of carbonyl (C=O) groups excluding carboxylic acids is 2. The number of Topliss-reactive ketones (excluding diaryl/α,β-unsaturated/α-hetero) is 1. The molecule has 31 heavy (non-hydrogen) atoms. The minimum atomic E-state index is -0.678. The van der Waals surface area contributed by atoms with E-state index < -0.39 is 11.7 Å². The lowest BCUT2D eigenvalue weighted by atomic mass is 10.1. The van der Waals surface area contributed by atoms with Gasteiger partial charge in [0.05, 0.1) is 12.1 Å². The minimum Gasteiger partial charge on any atom is -0.358 e. The maximum absolute atomic E-state index is 12.7. The van der Waals surface area contributed by atoms with Crippen molar-refractivity contribution in [1.82, 2.24) is 15.5 Å². The van der Waals surface area contributed by atoms with E-state index >= 15 is 0 Å². The predicted octanol–water partition coefficient (Wildman–Crippen LogP) is 4.78. The van der Waals surface area contributed by atoms with E-state index in [1.54, 1.807) is 13.0 Å². The quantitative estimate of drug-likeness (QED) is 0.323. The van der Waals surface area contributed by atoms with E-state index in [-0.39, 0.29) is 6.54 Å². The molecule has 0 spiro atoms. The molecule has 1 amide bonds. The highest BCUT2D eigenvalue weighted by molar-refractivity contribution is 6.45. The van der Waals surface area contributed by atoms with E-state index in [9.17, 15) is 9.59 Å². The number of aromatic nitrogens is 2. The number of rotatable bonds is 5. The fourth-order valence-corrected chi connectivity index (χ4v) is 3.81. The predicted molar refractivity (Wildman–Crippen MR) is 119 cm³/mol. The van der Waals surface area contributed by atoms with Crippen LogP contribution in [0.2, 0.25) is 0 Å². The number of carbonyl (C=O) groups is 2. The van der Waals surface area contributed by atoms with Gasteiger partial charge in [0, 0.05) is 28.2 Å². The Morgan fingerprint density at radius 3 is 2.61 bits per heavy atom. The zero-order valence-corrected chi connectivity index (χ0v) is 16.8. The summed E-state index contributed by atoms with van der Waals surface area (Å²) in [4.78, 5) is 28.4. The van der Waals surface area contributed by atoms with E-state index in [1.165, 1.54) is 0 Å².